The van der Waals surface area contributed by atoms with E-state index in [1.54, 1.807) is 24.3 Å². The van der Waals surface area contributed by atoms with E-state index in [0.717, 1.165) is 36.4 Å². The fraction of sp³-hybridized carbons (Fsp3) is 0.429. The van der Waals surface area contributed by atoms with E-state index in [9.17, 15) is 14.1 Å². The summed E-state index contributed by atoms with van der Waals surface area (Å²) >= 11 is -1.53. The van der Waals surface area contributed by atoms with E-state index in [0.29, 0.717) is 11.1 Å². The van der Waals surface area contributed by atoms with Crippen LogP contribution in [0.25, 0.3) is 0 Å². The number of rotatable bonds is 2. The fourth-order valence-corrected chi connectivity index (χ4v) is 4.30. The molecule has 1 aromatic rings. The number of hydrogen-bond donors (Lipinski definition) is 0. The number of amides is 2. The van der Waals surface area contributed by atoms with Gasteiger partial charge in [-0.15, -0.1) is 0 Å². The maximum atomic E-state index is 12.5. The number of fused-ring (bicyclic) bond motifs is 1. The van der Waals surface area contributed by atoms with Crippen molar-refractivity contribution in [3.05, 3.63) is 35.4 Å². The van der Waals surface area contributed by atoms with E-state index in [-0.39, 0.29) is 5.25 Å². The van der Waals surface area contributed by atoms with Gasteiger partial charge in [0.2, 0.25) is 0 Å². The van der Waals surface area contributed by atoms with Crippen LogP contribution in [0.4, 0.5) is 0 Å². The molecule has 0 bridgehead atoms. The van der Waals surface area contributed by atoms with Gasteiger partial charge in [0.1, 0.15) is 5.25 Å². The molecule has 1 unspecified atom stereocenters. The molecule has 1 aliphatic carbocycles. The molecule has 1 heterocycles. The third-order valence-electron chi connectivity index (χ3n) is 3.77. The molecule has 0 radical (unpaired) electrons. The van der Waals surface area contributed by atoms with Crippen molar-refractivity contribution in [1.82, 2.24) is 4.31 Å². The summed E-state index contributed by atoms with van der Waals surface area (Å²) in [5, 5.41) is -0.0593. The molecular formula is C14H15NO3S. The molecule has 0 N–H and O–H groups in total. The molecule has 0 saturated heterocycles. The summed E-state index contributed by atoms with van der Waals surface area (Å²) in [7, 11) is 0. The molecule has 0 spiro atoms. The Morgan fingerprint density at radius 2 is 1.53 bits per heavy atom. The summed E-state index contributed by atoms with van der Waals surface area (Å²) in [4.78, 5) is 24.4. The Bertz CT molecular complexity index is 490. The summed E-state index contributed by atoms with van der Waals surface area (Å²) in [5.41, 5.74) is 0.744. The second-order valence-electron chi connectivity index (χ2n) is 4.99. The molecule has 2 aliphatic rings. The summed E-state index contributed by atoms with van der Waals surface area (Å²) in [6.07, 6.45) is 4.87. The second kappa shape index (κ2) is 4.98. The first kappa shape index (κ1) is 12.7. The highest BCUT2D eigenvalue weighted by molar-refractivity contribution is 7.90. The van der Waals surface area contributed by atoms with Gasteiger partial charge in [0.25, 0.3) is 0 Å². The van der Waals surface area contributed by atoms with Crippen molar-refractivity contribution in [2.75, 3.05) is 0 Å². The minimum Gasteiger partial charge on any atom is -0.592 e. The largest absolute Gasteiger partial charge is 0.592 e. The number of carbonyl (C=O) groups excluding carboxylic acids is 2. The Morgan fingerprint density at radius 3 is 2.05 bits per heavy atom. The topological polar surface area (TPSA) is 60.4 Å². The number of benzene rings is 1. The molecule has 4 nitrogen and oxygen atoms in total. The Balaban J connectivity index is 1.87. The van der Waals surface area contributed by atoms with Crippen LogP contribution >= 0.6 is 0 Å². The van der Waals surface area contributed by atoms with E-state index in [4.69, 9.17) is 0 Å². The van der Waals surface area contributed by atoms with Crippen molar-refractivity contribution < 1.29 is 14.1 Å². The third kappa shape index (κ3) is 2.07. The first-order valence-electron chi connectivity index (χ1n) is 6.58. The fourth-order valence-electron chi connectivity index (χ4n) is 2.75. The third-order valence-corrected chi connectivity index (χ3v) is 5.51. The smallest absolute Gasteiger partial charge is 0.304 e. The number of nitrogens with zero attached hydrogens (tertiary/aromatic N) is 1. The molecule has 1 aliphatic heterocycles. The zero-order valence-electron chi connectivity index (χ0n) is 10.5. The normalized spacial score (nSPS) is 21.6. The van der Waals surface area contributed by atoms with Crippen LogP contribution in [0.15, 0.2) is 24.3 Å². The van der Waals surface area contributed by atoms with E-state index in [1.165, 1.54) is 0 Å². The molecule has 0 aromatic heterocycles. The molecule has 5 heteroatoms. The number of imide groups is 1. The Kier molecular flexibility index (Phi) is 3.33. The number of hydrogen-bond acceptors (Lipinski definition) is 3. The predicted molar refractivity (Wildman–Crippen MR) is 72.0 cm³/mol. The van der Waals surface area contributed by atoms with Gasteiger partial charge in [0.05, 0.1) is 22.5 Å². The van der Waals surface area contributed by atoms with Crippen LogP contribution in [0.1, 0.15) is 52.8 Å². The number of carbonyl (C=O) groups is 2. The summed E-state index contributed by atoms with van der Waals surface area (Å²) in [6, 6.07) is 6.68. The van der Waals surface area contributed by atoms with Gasteiger partial charge in [0, 0.05) is 0 Å². The van der Waals surface area contributed by atoms with Crippen molar-refractivity contribution in [2.45, 2.75) is 37.4 Å². The lowest BCUT2D eigenvalue weighted by molar-refractivity contribution is 0.0763. The highest BCUT2D eigenvalue weighted by atomic mass is 32.2. The average molecular weight is 277 g/mol. The predicted octanol–water partition coefficient (Wildman–Crippen LogP) is 2.28. The van der Waals surface area contributed by atoms with Crippen LogP contribution in [0.3, 0.4) is 0 Å². The monoisotopic (exact) mass is 277 g/mol. The van der Waals surface area contributed by atoms with Crippen LogP contribution < -0.4 is 0 Å². The highest BCUT2D eigenvalue weighted by Gasteiger charge is 2.46. The maximum Gasteiger partial charge on any atom is 0.304 e. The lowest BCUT2D eigenvalue weighted by Crippen LogP contribution is -2.43. The Labute approximate surface area is 115 Å². The van der Waals surface area contributed by atoms with Gasteiger partial charge < -0.3 is 4.55 Å². The minimum absolute atomic E-state index is 0.0593. The molecule has 1 fully saturated rings. The lowest BCUT2D eigenvalue weighted by atomic mass is 10.0. The van der Waals surface area contributed by atoms with Gasteiger partial charge in [-0.25, -0.2) is 0 Å². The standard InChI is InChI=1S/C14H15NO3S/c16-13-11-8-4-5-9-12(11)14(17)15(13)19(18)10-6-2-1-3-7-10/h4-5,8-10H,1-3,6-7H2. The van der Waals surface area contributed by atoms with E-state index in [2.05, 4.69) is 0 Å². The van der Waals surface area contributed by atoms with Crippen LogP contribution in [0.5, 0.6) is 0 Å². The summed E-state index contributed by atoms with van der Waals surface area (Å²) in [6.45, 7) is 0. The van der Waals surface area contributed by atoms with E-state index >= 15 is 0 Å². The van der Waals surface area contributed by atoms with Crippen molar-refractivity contribution in [3.8, 4) is 0 Å². The Morgan fingerprint density at radius 1 is 1.00 bits per heavy atom. The lowest BCUT2D eigenvalue weighted by Gasteiger charge is -2.27. The van der Waals surface area contributed by atoms with Gasteiger partial charge >= 0.3 is 11.8 Å². The quantitative estimate of drug-likeness (QED) is 0.615. The van der Waals surface area contributed by atoms with Crippen LogP contribution in [-0.2, 0) is 11.4 Å². The van der Waals surface area contributed by atoms with Gasteiger partial charge in [-0.1, -0.05) is 22.9 Å². The van der Waals surface area contributed by atoms with Gasteiger partial charge in [-0.2, -0.15) is 0 Å². The Hall–Kier alpha value is -1.33. The van der Waals surface area contributed by atoms with Gasteiger partial charge in [0.15, 0.2) is 0 Å². The maximum absolute atomic E-state index is 12.5. The molecule has 1 atom stereocenters. The van der Waals surface area contributed by atoms with E-state index in [1.807, 2.05) is 0 Å². The van der Waals surface area contributed by atoms with Gasteiger partial charge in [-0.05, 0) is 37.8 Å². The van der Waals surface area contributed by atoms with E-state index < -0.39 is 23.2 Å². The van der Waals surface area contributed by atoms with Crippen molar-refractivity contribution in [3.63, 3.8) is 0 Å². The SMILES string of the molecule is O=C1c2ccccc2C(=O)N1[S+]([O-])C1CCCCC1. The van der Waals surface area contributed by atoms with Crippen molar-refractivity contribution >= 4 is 23.2 Å². The van der Waals surface area contributed by atoms with Crippen molar-refractivity contribution in [2.24, 2.45) is 0 Å². The zero-order valence-corrected chi connectivity index (χ0v) is 11.3. The molecule has 2 amide bonds. The molecule has 100 valence electrons. The molecule has 3 rings (SSSR count). The first-order valence-corrected chi connectivity index (χ1v) is 7.75. The average Bonchev–Trinajstić information content (AvgIpc) is 2.72. The van der Waals surface area contributed by atoms with Gasteiger partial charge in [-0.3, -0.25) is 9.59 Å². The summed E-state index contributed by atoms with van der Waals surface area (Å²) < 4.78 is 13.4. The van der Waals surface area contributed by atoms with Crippen molar-refractivity contribution in [1.29, 1.82) is 0 Å². The van der Waals surface area contributed by atoms with Crippen LogP contribution in [-0.4, -0.2) is 25.9 Å². The summed E-state index contributed by atoms with van der Waals surface area (Å²) in [5.74, 6) is -0.825. The minimum atomic E-state index is -1.53. The highest BCUT2D eigenvalue weighted by Crippen LogP contribution is 2.31. The molecule has 1 aromatic carbocycles. The zero-order chi connectivity index (χ0) is 13.4. The molecule has 19 heavy (non-hydrogen) atoms. The molecule has 1 saturated carbocycles. The van der Waals surface area contributed by atoms with Crippen LogP contribution in [0, 0.1) is 0 Å². The second-order valence-corrected chi connectivity index (χ2v) is 6.57. The first-order chi connectivity index (χ1) is 9.20. The molecular weight excluding hydrogens is 262 g/mol. The van der Waals surface area contributed by atoms with Crippen LogP contribution in [0.2, 0.25) is 0 Å².